The quantitative estimate of drug-likeness (QED) is 0.611. The Labute approximate surface area is 169 Å². The molecule has 0 aliphatic carbocycles. The number of primary amides is 1. The van der Waals surface area contributed by atoms with E-state index in [-0.39, 0.29) is 30.5 Å². The van der Waals surface area contributed by atoms with Crippen LogP contribution in [0.2, 0.25) is 0 Å². The molecule has 0 fully saturated rings. The van der Waals surface area contributed by atoms with Crippen LogP contribution in [0.25, 0.3) is 0 Å². The Kier molecular flexibility index (Phi) is 6.58. The Hall–Kier alpha value is -3.67. The molecule has 2 amide bonds. The molecule has 0 bridgehead atoms. The summed E-state index contributed by atoms with van der Waals surface area (Å²) in [4.78, 5) is 28.4. The SMILES string of the molecule is CC(CC(=O)Nc1ccccc1)c1ccnc(C(N)=O)c1OCc1ccccc1. The molecule has 0 radical (unpaired) electrons. The fourth-order valence-corrected chi connectivity index (χ4v) is 3.03. The lowest BCUT2D eigenvalue weighted by molar-refractivity contribution is -0.116. The number of nitrogens with two attached hydrogens (primary N) is 1. The van der Waals surface area contributed by atoms with Gasteiger partial charge in [0.1, 0.15) is 6.61 Å². The van der Waals surface area contributed by atoms with Crippen molar-refractivity contribution < 1.29 is 14.3 Å². The molecule has 0 spiro atoms. The van der Waals surface area contributed by atoms with Gasteiger partial charge in [0.05, 0.1) is 0 Å². The highest BCUT2D eigenvalue weighted by Gasteiger charge is 2.21. The number of ether oxygens (including phenoxy) is 1. The van der Waals surface area contributed by atoms with E-state index in [0.717, 1.165) is 11.3 Å². The fourth-order valence-electron chi connectivity index (χ4n) is 3.03. The van der Waals surface area contributed by atoms with Gasteiger partial charge in [-0.15, -0.1) is 0 Å². The lowest BCUT2D eigenvalue weighted by atomic mass is 9.96. The monoisotopic (exact) mass is 389 g/mol. The highest BCUT2D eigenvalue weighted by Crippen LogP contribution is 2.32. The molecule has 29 heavy (non-hydrogen) atoms. The van der Waals surface area contributed by atoms with Crippen molar-refractivity contribution in [2.75, 3.05) is 5.32 Å². The van der Waals surface area contributed by atoms with Crippen LogP contribution in [-0.2, 0) is 11.4 Å². The number of nitrogens with zero attached hydrogens (tertiary/aromatic N) is 1. The number of aromatic nitrogens is 1. The number of benzene rings is 2. The van der Waals surface area contributed by atoms with E-state index in [1.165, 1.54) is 6.20 Å². The zero-order chi connectivity index (χ0) is 20.6. The Bertz CT molecular complexity index is 975. The number of amides is 2. The number of hydrogen-bond acceptors (Lipinski definition) is 4. The number of carbonyl (C=O) groups excluding carboxylic acids is 2. The number of anilines is 1. The third kappa shape index (κ3) is 5.42. The molecule has 0 aliphatic rings. The Morgan fingerprint density at radius 2 is 1.69 bits per heavy atom. The predicted molar refractivity (Wildman–Crippen MR) is 112 cm³/mol. The molecule has 6 heteroatoms. The molecule has 2 aromatic carbocycles. The summed E-state index contributed by atoms with van der Waals surface area (Å²) in [6.45, 7) is 2.17. The van der Waals surface area contributed by atoms with E-state index in [1.54, 1.807) is 6.07 Å². The summed E-state index contributed by atoms with van der Waals surface area (Å²) in [5.41, 5.74) is 7.96. The van der Waals surface area contributed by atoms with E-state index in [2.05, 4.69) is 10.3 Å². The fraction of sp³-hybridized carbons (Fsp3) is 0.174. The van der Waals surface area contributed by atoms with E-state index in [1.807, 2.05) is 67.6 Å². The van der Waals surface area contributed by atoms with Crippen molar-refractivity contribution in [2.45, 2.75) is 25.9 Å². The van der Waals surface area contributed by atoms with Crippen molar-refractivity contribution >= 4 is 17.5 Å². The minimum absolute atomic E-state index is 0.0637. The largest absolute Gasteiger partial charge is 0.486 e. The molecular weight excluding hydrogens is 366 g/mol. The molecule has 1 atom stereocenters. The minimum atomic E-state index is -0.671. The average Bonchev–Trinajstić information content (AvgIpc) is 2.73. The molecule has 6 nitrogen and oxygen atoms in total. The maximum Gasteiger partial charge on any atom is 0.271 e. The smallest absolute Gasteiger partial charge is 0.271 e. The molecule has 3 aromatic rings. The summed E-state index contributed by atoms with van der Waals surface area (Å²) < 4.78 is 5.94. The van der Waals surface area contributed by atoms with Gasteiger partial charge >= 0.3 is 0 Å². The van der Waals surface area contributed by atoms with Crippen LogP contribution in [0.3, 0.4) is 0 Å². The van der Waals surface area contributed by atoms with Crippen molar-refractivity contribution in [3.05, 3.63) is 89.7 Å². The predicted octanol–water partition coefficient (Wildman–Crippen LogP) is 3.89. The first kappa shape index (κ1) is 20.1. The first-order valence-corrected chi connectivity index (χ1v) is 9.35. The van der Waals surface area contributed by atoms with Crippen LogP contribution in [0.5, 0.6) is 5.75 Å². The van der Waals surface area contributed by atoms with E-state index in [0.29, 0.717) is 11.3 Å². The highest BCUT2D eigenvalue weighted by atomic mass is 16.5. The molecular formula is C23H23N3O3. The van der Waals surface area contributed by atoms with Gasteiger partial charge in [-0.3, -0.25) is 9.59 Å². The van der Waals surface area contributed by atoms with E-state index < -0.39 is 5.91 Å². The maximum atomic E-state index is 12.4. The zero-order valence-electron chi connectivity index (χ0n) is 16.2. The van der Waals surface area contributed by atoms with E-state index >= 15 is 0 Å². The topological polar surface area (TPSA) is 94.3 Å². The van der Waals surface area contributed by atoms with Gasteiger partial charge in [0.2, 0.25) is 5.91 Å². The lowest BCUT2D eigenvalue weighted by Crippen LogP contribution is -2.18. The zero-order valence-corrected chi connectivity index (χ0v) is 16.2. The number of carbonyl (C=O) groups is 2. The summed E-state index contributed by atoms with van der Waals surface area (Å²) in [6, 6.07) is 20.6. The van der Waals surface area contributed by atoms with Crippen molar-refractivity contribution in [3.8, 4) is 5.75 Å². The van der Waals surface area contributed by atoms with Crippen LogP contribution in [0.1, 0.15) is 40.9 Å². The number of hydrogen-bond donors (Lipinski definition) is 2. The number of rotatable bonds is 8. The minimum Gasteiger partial charge on any atom is -0.486 e. The van der Waals surface area contributed by atoms with Crippen LogP contribution in [0.15, 0.2) is 72.9 Å². The summed E-state index contributed by atoms with van der Waals surface area (Å²) in [7, 11) is 0. The van der Waals surface area contributed by atoms with Gasteiger partial charge in [-0.2, -0.15) is 0 Å². The van der Waals surface area contributed by atoms with Gasteiger partial charge < -0.3 is 15.8 Å². The molecule has 0 aliphatic heterocycles. The average molecular weight is 389 g/mol. The third-order valence-corrected chi connectivity index (χ3v) is 4.47. The normalized spacial score (nSPS) is 11.5. The van der Waals surface area contributed by atoms with Gasteiger partial charge in [-0.05, 0) is 29.7 Å². The lowest BCUT2D eigenvalue weighted by Gasteiger charge is -2.18. The Balaban J connectivity index is 1.78. The number of nitrogens with one attached hydrogen (secondary N) is 1. The van der Waals surface area contributed by atoms with Gasteiger partial charge in [0.15, 0.2) is 11.4 Å². The van der Waals surface area contributed by atoms with Gasteiger partial charge in [-0.25, -0.2) is 4.98 Å². The van der Waals surface area contributed by atoms with Crippen molar-refractivity contribution in [3.63, 3.8) is 0 Å². The molecule has 1 heterocycles. The molecule has 0 saturated heterocycles. The molecule has 3 N–H and O–H groups in total. The Morgan fingerprint density at radius 1 is 1.03 bits per heavy atom. The standard InChI is InChI=1S/C23H23N3O3/c1-16(14-20(27)26-18-10-6-3-7-11-18)19-12-13-25-21(23(24)28)22(19)29-15-17-8-4-2-5-9-17/h2-13,16H,14-15H2,1H3,(H2,24,28)(H,26,27). The number of pyridine rings is 1. The van der Waals surface area contributed by atoms with Crippen molar-refractivity contribution in [1.82, 2.24) is 4.98 Å². The van der Waals surface area contributed by atoms with Crippen molar-refractivity contribution in [1.29, 1.82) is 0 Å². The van der Waals surface area contributed by atoms with Gasteiger partial charge in [-0.1, -0.05) is 55.5 Å². The number of para-hydroxylation sites is 1. The van der Waals surface area contributed by atoms with Crippen LogP contribution >= 0.6 is 0 Å². The summed E-state index contributed by atoms with van der Waals surface area (Å²) in [6.07, 6.45) is 1.73. The second-order valence-electron chi connectivity index (χ2n) is 6.74. The molecule has 0 saturated carbocycles. The van der Waals surface area contributed by atoms with Crippen LogP contribution in [-0.4, -0.2) is 16.8 Å². The second-order valence-corrected chi connectivity index (χ2v) is 6.74. The summed E-state index contributed by atoms with van der Waals surface area (Å²) in [5, 5.41) is 2.87. The first-order chi connectivity index (χ1) is 14.0. The van der Waals surface area contributed by atoms with Gasteiger partial charge in [0.25, 0.3) is 5.91 Å². The molecule has 1 aromatic heterocycles. The van der Waals surface area contributed by atoms with Gasteiger partial charge in [0, 0.05) is 23.9 Å². The summed E-state index contributed by atoms with van der Waals surface area (Å²) in [5.74, 6) is -0.680. The van der Waals surface area contributed by atoms with Crippen LogP contribution in [0.4, 0.5) is 5.69 Å². The van der Waals surface area contributed by atoms with Crippen LogP contribution in [0, 0.1) is 0 Å². The molecule has 3 rings (SSSR count). The first-order valence-electron chi connectivity index (χ1n) is 9.35. The van der Waals surface area contributed by atoms with Crippen molar-refractivity contribution in [2.24, 2.45) is 5.73 Å². The third-order valence-electron chi connectivity index (χ3n) is 4.47. The molecule has 1 unspecified atom stereocenters. The van der Waals surface area contributed by atoms with E-state index in [4.69, 9.17) is 10.5 Å². The molecule has 148 valence electrons. The highest BCUT2D eigenvalue weighted by molar-refractivity contribution is 5.94. The van der Waals surface area contributed by atoms with E-state index in [9.17, 15) is 9.59 Å². The van der Waals surface area contributed by atoms with Crippen LogP contribution < -0.4 is 15.8 Å². The maximum absolute atomic E-state index is 12.4. The second kappa shape index (κ2) is 9.50. The Morgan fingerprint density at radius 3 is 2.34 bits per heavy atom. The summed E-state index contributed by atoms with van der Waals surface area (Å²) >= 11 is 0.